The van der Waals surface area contributed by atoms with Gasteiger partial charge < -0.3 is 30.0 Å². The lowest BCUT2D eigenvalue weighted by Gasteiger charge is -2.14. The van der Waals surface area contributed by atoms with Gasteiger partial charge in [-0.1, -0.05) is 12.1 Å². The molecule has 0 radical (unpaired) electrons. The number of carboxylic acids is 1. The summed E-state index contributed by atoms with van der Waals surface area (Å²) in [6, 6.07) is 11.0. The molecular weight excluding hydrogens is 483 g/mol. The van der Waals surface area contributed by atoms with Crippen LogP contribution in [0.5, 0.6) is 17.5 Å². The summed E-state index contributed by atoms with van der Waals surface area (Å²) in [5.74, 6) is -0.559. The van der Waals surface area contributed by atoms with Crippen molar-refractivity contribution in [2.75, 3.05) is 30.5 Å². The fourth-order valence-electron chi connectivity index (χ4n) is 3.23. The van der Waals surface area contributed by atoms with Crippen LogP contribution in [-0.2, 0) is 6.54 Å². The van der Waals surface area contributed by atoms with Crippen molar-refractivity contribution in [1.29, 1.82) is 0 Å². The molecule has 10 nitrogen and oxygen atoms in total. The van der Waals surface area contributed by atoms with Crippen LogP contribution < -0.4 is 24.8 Å². The van der Waals surface area contributed by atoms with Gasteiger partial charge in [0.2, 0.25) is 11.9 Å². The van der Waals surface area contributed by atoms with Crippen LogP contribution >= 0.6 is 0 Å². The zero-order valence-electron chi connectivity index (χ0n) is 18.8. The van der Waals surface area contributed by atoms with Crippen molar-refractivity contribution in [2.45, 2.75) is 25.6 Å². The molecule has 0 aliphatic carbocycles. The first-order valence-electron chi connectivity index (χ1n) is 10.9. The number of rotatable bonds is 3. The maximum Gasteiger partial charge on any atom is 0.422 e. The molecule has 0 saturated carbocycles. The highest BCUT2D eigenvalue weighted by Gasteiger charge is 2.29. The topological polar surface area (TPSA) is 128 Å². The fourth-order valence-corrected chi connectivity index (χ4v) is 3.23. The van der Waals surface area contributed by atoms with Crippen LogP contribution in [0.15, 0.2) is 42.5 Å². The van der Waals surface area contributed by atoms with Crippen LogP contribution in [0.4, 0.5) is 30.8 Å². The van der Waals surface area contributed by atoms with Crippen molar-refractivity contribution in [3.8, 4) is 17.5 Å². The number of ether oxygens (including phenoxy) is 3. The largest absolute Gasteiger partial charge is 0.494 e. The number of benzene rings is 2. The normalized spacial score (nSPS) is 14.1. The van der Waals surface area contributed by atoms with Gasteiger partial charge in [0.05, 0.1) is 13.2 Å². The molecular formula is C23H22F3N5O5. The minimum Gasteiger partial charge on any atom is -0.494 e. The summed E-state index contributed by atoms with van der Waals surface area (Å²) in [6.07, 6.45) is -3.28. The van der Waals surface area contributed by atoms with Gasteiger partial charge in [-0.25, -0.2) is 4.79 Å². The Labute approximate surface area is 203 Å². The lowest BCUT2D eigenvalue weighted by Crippen LogP contribution is -2.21. The van der Waals surface area contributed by atoms with Gasteiger partial charge in [0.25, 0.3) is 0 Å². The molecule has 13 heteroatoms. The maximum absolute atomic E-state index is 12.7. The average molecular weight is 505 g/mol. The van der Waals surface area contributed by atoms with Gasteiger partial charge in [-0.3, -0.25) is 0 Å². The van der Waals surface area contributed by atoms with E-state index in [1.807, 2.05) is 18.2 Å². The standard InChI is InChI=1S/C23H22F3N5O5/c24-23(25,26)13-36-22-30-20-27-12-14-4-3-5-16(10-14)34-8-1-2-9-35-18-11-15(28-21(29-20)31-22)6-7-17(18)19(32)33/h3-7,10-11H,1-2,8-9,12-13H2,(H,32,33)(H2,27,28,29,30,31). The SMILES string of the molecule is O=C(O)c1ccc2cc1OCCCCOc1cccc(c1)CNc1nc(nc(OCC(F)(F)F)n1)N2. The first-order valence-corrected chi connectivity index (χ1v) is 10.9. The number of carbonyl (C=O) groups is 1. The quantitative estimate of drug-likeness (QED) is 0.471. The first kappa shape index (κ1) is 24.8. The Morgan fingerprint density at radius 3 is 2.58 bits per heavy atom. The van der Waals surface area contributed by atoms with Crippen molar-refractivity contribution in [3.63, 3.8) is 0 Å². The summed E-state index contributed by atoms with van der Waals surface area (Å²) >= 11 is 0. The summed E-state index contributed by atoms with van der Waals surface area (Å²) in [5, 5.41) is 15.3. The molecule has 4 rings (SSSR count). The Hall–Kier alpha value is -4.29. The van der Waals surface area contributed by atoms with E-state index in [0.29, 0.717) is 30.9 Å². The van der Waals surface area contributed by atoms with Gasteiger partial charge in [-0.15, -0.1) is 0 Å². The second-order valence-electron chi connectivity index (χ2n) is 7.72. The van der Waals surface area contributed by atoms with E-state index in [1.54, 1.807) is 6.07 Å². The molecule has 1 aliphatic rings. The lowest BCUT2D eigenvalue weighted by molar-refractivity contribution is -0.154. The van der Waals surface area contributed by atoms with E-state index in [1.165, 1.54) is 18.2 Å². The number of halogens is 3. The molecule has 0 spiro atoms. The predicted molar refractivity (Wildman–Crippen MR) is 122 cm³/mol. The van der Waals surface area contributed by atoms with E-state index in [-0.39, 0.29) is 36.4 Å². The van der Waals surface area contributed by atoms with Crippen LogP contribution in [0.1, 0.15) is 28.8 Å². The molecule has 1 aliphatic heterocycles. The van der Waals surface area contributed by atoms with Crippen molar-refractivity contribution >= 4 is 23.6 Å². The van der Waals surface area contributed by atoms with Crippen LogP contribution in [0.25, 0.3) is 0 Å². The number of fused-ring (bicyclic) bond motifs is 6. The number of aromatic nitrogens is 3. The number of nitrogens with one attached hydrogen (secondary N) is 2. The highest BCUT2D eigenvalue weighted by atomic mass is 19.4. The number of carboxylic acid groups (broad SMARTS) is 1. The summed E-state index contributed by atoms with van der Waals surface area (Å²) < 4.78 is 54.2. The molecule has 190 valence electrons. The van der Waals surface area contributed by atoms with Crippen LogP contribution in [0.2, 0.25) is 0 Å². The molecule has 0 amide bonds. The Kier molecular flexibility index (Phi) is 7.56. The van der Waals surface area contributed by atoms with Gasteiger partial charge in [0.15, 0.2) is 6.61 Å². The van der Waals surface area contributed by atoms with E-state index in [2.05, 4.69) is 25.6 Å². The second-order valence-corrected chi connectivity index (χ2v) is 7.72. The first-order chi connectivity index (χ1) is 17.2. The predicted octanol–water partition coefficient (Wildman–Crippen LogP) is 4.42. The molecule has 0 saturated heterocycles. The van der Waals surface area contributed by atoms with E-state index < -0.39 is 24.8 Å². The zero-order valence-corrected chi connectivity index (χ0v) is 18.8. The third kappa shape index (κ3) is 7.10. The molecule has 3 aromatic rings. The summed E-state index contributed by atoms with van der Waals surface area (Å²) in [7, 11) is 0. The fraction of sp³-hybridized carbons (Fsp3) is 0.304. The monoisotopic (exact) mass is 505 g/mol. The highest BCUT2D eigenvalue weighted by Crippen LogP contribution is 2.27. The van der Waals surface area contributed by atoms with Crippen molar-refractivity contribution in [1.82, 2.24) is 15.0 Å². The number of hydrogen-bond donors (Lipinski definition) is 3. The second kappa shape index (κ2) is 11.0. The number of alkyl halides is 3. The zero-order chi connectivity index (χ0) is 25.5. The Morgan fingerprint density at radius 1 is 1.03 bits per heavy atom. The smallest absolute Gasteiger partial charge is 0.422 e. The number of nitrogens with zero attached hydrogens (tertiary/aromatic N) is 3. The molecule has 0 atom stereocenters. The average Bonchev–Trinajstić information content (AvgIpc) is 2.83. The van der Waals surface area contributed by atoms with E-state index >= 15 is 0 Å². The lowest BCUT2D eigenvalue weighted by atomic mass is 10.2. The molecule has 2 heterocycles. The van der Waals surface area contributed by atoms with Gasteiger partial charge in [0, 0.05) is 18.3 Å². The molecule has 2 aromatic carbocycles. The Bertz CT molecular complexity index is 1220. The Balaban J connectivity index is 1.67. The molecule has 0 unspecified atom stereocenters. The number of aromatic carboxylic acids is 1. The minimum atomic E-state index is -4.59. The van der Waals surface area contributed by atoms with Gasteiger partial charge in [-0.2, -0.15) is 28.1 Å². The van der Waals surface area contributed by atoms with Crippen molar-refractivity contribution in [3.05, 3.63) is 53.6 Å². The third-order valence-corrected chi connectivity index (χ3v) is 4.86. The van der Waals surface area contributed by atoms with E-state index in [0.717, 1.165) is 5.56 Å². The number of hydrogen-bond acceptors (Lipinski definition) is 9. The highest BCUT2D eigenvalue weighted by molar-refractivity contribution is 5.91. The summed E-state index contributed by atoms with van der Waals surface area (Å²) in [4.78, 5) is 23.6. The van der Waals surface area contributed by atoms with E-state index in [9.17, 15) is 23.1 Å². The van der Waals surface area contributed by atoms with Crippen molar-refractivity contribution in [2.24, 2.45) is 0 Å². The Morgan fingerprint density at radius 2 is 1.81 bits per heavy atom. The molecule has 1 aromatic heterocycles. The van der Waals surface area contributed by atoms with Gasteiger partial charge >= 0.3 is 18.2 Å². The molecule has 0 fully saturated rings. The van der Waals surface area contributed by atoms with Crippen LogP contribution in [0.3, 0.4) is 0 Å². The maximum atomic E-state index is 12.7. The van der Waals surface area contributed by atoms with Crippen molar-refractivity contribution < 1.29 is 37.3 Å². The van der Waals surface area contributed by atoms with Gasteiger partial charge in [0.1, 0.15) is 17.1 Å². The van der Waals surface area contributed by atoms with E-state index in [4.69, 9.17) is 14.2 Å². The molecule has 3 N–H and O–H groups in total. The molecule has 36 heavy (non-hydrogen) atoms. The van der Waals surface area contributed by atoms with Crippen LogP contribution in [-0.4, -0.2) is 52.0 Å². The summed E-state index contributed by atoms with van der Waals surface area (Å²) in [5.41, 5.74) is 1.14. The minimum absolute atomic E-state index is 0.0317. The number of anilines is 3. The van der Waals surface area contributed by atoms with Gasteiger partial charge in [-0.05, 0) is 42.7 Å². The van der Waals surface area contributed by atoms with Crippen LogP contribution in [0, 0.1) is 0 Å². The molecule has 6 bridgehead atoms. The third-order valence-electron chi connectivity index (χ3n) is 4.86. The summed E-state index contributed by atoms with van der Waals surface area (Å²) in [6.45, 7) is -0.641.